The molecule has 12 heteroatoms. The normalized spacial score (nSPS) is 18.6. The van der Waals surface area contributed by atoms with Crippen molar-refractivity contribution in [3.63, 3.8) is 0 Å². The smallest absolute Gasteiger partial charge is 0.338 e. The first kappa shape index (κ1) is 27.9. The number of rotatable bonds is 6. The van der Waals surface area contributed by atoms with Crippen LogP contribution in [0.3, 0.4) is 0 Å². The van der Waals surface area contributed by atoms with Gasteiger partial charge in [-0.3, -0.25) is 19.7 Å². The Balaban J connectivity index is 1.37. The molecule has 37 heavy (non-hydrogen) atoms. The molecule has 0 atom stereocenters. The van der Waals surface area contributed by atoms with Crippen LogP contribution in [-0.2, 0) is 11.4 Å². The summed E-state index contributed by atoms with van der Waals surface area (Å²) in [5.74, 6) is -0.198. The maximum absolute atomic E-state index is 13.3. The van der Waals surface area contributed by atoms with E-state index in [0.717, 1.165) is 44.3 Å². The third-order valence-corrected chi connectivity index (χ3v) is 9.07. The second kappa shape index (κ2) is 11.7. The highest BCUT2D eigenvalue weighted by Crippen LogP contribution is 2.33. The van der Waals surface area contributed by atoms with Crippen LogP contribution in [0.5, 0.6) is 0 Å². The summed E-state index contributed by atoms with van der Waals surface area (Å²) < 4.78 is 0.635. The highest BCUT2D eigenvalue weighted by Gasteiger charge is 2.41. The molecule has 2 saturated heterocycles. The van der Waals surface area contributed by atoms with Crippen LogP contribution in [-0.4, -0.2) is 76.7 Å². The summed E-state index contributed by atoms with van der Waals surface area (Å²) >= 11 is 13.8. The van der Waals surface area contributed by atoms with E-state index in [4.69, 9.17) is 28.0 Å². The third kappa shape index (κ3) is 5.98. The average molecular weight is 572 g/mol. The first-order valence-electron chi connectivity index (χ1n) is 12.4. The fourth-order valence-corrected chi connectivity index (χ4v) is 6.68. The van der Waals surface area contributed by atoms with E-state index < -0.39 is 0 Å². The fraction of sp³-hybridized carbons (Fsp3) is 0.560. The quantitative estimate of drug-likeness (QED) is 0.236. The minimum atomic E-state index is -0.217. The maximum atomic E-state index is 13.3. The number of urea groups is 1. The molecule has 4 heterocycles. The lowest BCUT2D eigenvalue weighted by atomic mass is 9.85. The highest BCUT2D eigenvalue weighted by molar-refractivity contribution is 7.07. The number of likely N-dealkylation sites (tertiary alicyclic amines) is 2. The Labute approximate surface area is 231 Å². The Morgan fingerprint density at radius 1 is 1.27 bits per heavy atom. The number of carbonyl (C=O) groups excluding carboxylic acids is 2. The minimum Gasteiger partial charge on any atom is -0.338 e. The zero-order chi connectivity index (χ0) is 26.7. The summed E-state index contributed by atoms with van der Waals surface area (Å²) in [6.07, 6.45) is 3.40. The van der Waals surface area contributed by atoms with E-state index >= 15 is 0 Å². The summed E-state index contributed by atoms with van der Waals surface area (Å²) in [5, 5.41) is 14.1. The second-order valence-corrected chi connectivity index (χ2v) is 11.5. The van der Waals surface area contributed by atoms with Crippen molar-refractivity contribution < 1.29 is 24.4 Å². The number of piperidine rings is 2. The van der Waals surface area contributed by atoms with Gasteiger partial charge in [0, 0.05) is 55.1 Å². The minimum absolute atomic E-state index is 0.0373. The Morgan fingerprint density at radius 2 is 1.95 bits per heavy atom. The molecule has 9 nitrogen and oxygen atoms in total. The molecular weight excluding hydrogens is 537 g/mol. The van der Waals surface area contributed by atoms with Gasteiger partial charge in [-0.25, -0.2) is 10.3 Å². The van der Waals surface area contributed by atoms with Crippen LogP contribution in [0.2, 0.25) is 10.3 Å². The standard InChI is InChI=1S/C25H33Cl2N5O4S/c1-17-14-20(26)32(35)22(27)21(17)23(33)29-11-7-25(2,8-12-29)30-9-4-19(5-10-30)31(24(34)28-36-3)15-18-6-13-37-16-18/h6,13-14,16,19H,4-5,7-12,15H2,1-3H3,(H-,28,34,35)/p+1. The molecule has 2 fully saturated rings. The fourth-order valence-electron chi connectivity index (χ4n) is 5.41. The van der Waals surface area contributed by atoms with E-state index in [1.807, 2.05) is 16.3 Å². The predicted octanol–water partition coefficient (Wildman–Crippen LogP) is 4.12. The van der Waals surface area contributed by atoms with Gasteiger partial charge in [-0.1, -0.05) is 0 Å². The van der Waals surface area contributed by atoms with Crippen molar-refractivity contribution in [2.24, 2.45) is 0 Å². The number of nitrogens with one attached hydrogen (secondary N) is 1. The molecule has 0 aliphatic carbocycles. The van der Waals surface area contributed by atoms with E-state index in [2.05, 4.69) is 22.7 Å². The largest absolute Gasteiger partial charge is 0.341 e. The molecule has 0 bridgehead atoms. The first-order valence-corrected chi connectivity index (χ1v) is 14.1. The maximum Gasteiger partial charge on any atom is 0.341 e. The molecule has 202 valence electrons. The van der Waals surface area contributed by atoms with Gasteiger partial charge >= 0.3 is 16.3 Å². The number of hydrogen-bond donors (Lipinski definition) is 2. The van der Waals surface area contributed by atoms with Gasteiger partial charge in [0.25, 0.3) is 5.91 Å². The molecule has 4 rings (SSSR count). The zero-order valence-corrected chi connectivity index (χ0v) is 23.7. The number of hydrogen-bond acceptors (Lipinski definition) is 6. The van der Waals surface area contributed by atoms with Crippen molar-refractivity contribution in [2.75, 3.05) is 33.3 Å². The van der Waals surface area contributed by atoms with Gasteiger partial charge < -0.3 is 9.80 Å². The Bertz CT molecular complexity index is 1120. The van der Waals surface area contributed by atoms with Crippen LogP contribution >= 0.6 is 34.5 Å². The molecule has 2 N–H and O–H groups in total. The monoisotopic (exact) mass is 570 g/mol. The van der Waals surface area contributed by atoms with Crippen LogP contribution in [0.15, 0.2) is 22.9 Å². The first-order chi connectivity index (χ1) is 17.6. The van der Waals surface area contributed by atoms with Gasteiger partial charge in [-0.2, -0.15) is 11.3 Å². The summed E-state index contributed by atoms with van der Waals surface area (Å²) in [4.78, 5) is 37.1. The number of pyridine rings is 1. The highest BCUT2D eigenvalue weighted by atomic mass is 35.5. The second-order valence-electron chi connectivity index (χ2n) is 10.0. The Hall–Kier alpha value is -2.11. The molecule has 0 aromatic carbocycles. The predicted molar refractivity (Wildman–Crippen MR) is 142 cm³/mol. The van der Waals surface area contributed by atoms with Crippen molar-refractivity contribution in [2.45, 2.75) is 57.7 Å². The topological polar surface area (TPSA) is 89.2 Å². The lowest BCUT2D eigenvalue weighted by Gasteiger charge is -2.50. The molecular formula is C25H34Cl2N5O4S+. The van der Waals surface area contributed by atoms with Gasteiger partial charge in [-0.05, 0) is 90.7 Å². The molecule has 2 aliphatic rings. The van der Waals surface area contributed by atoms with Gasteiger partial charge in [0.15, 0.2) is 0 Å². The van der Waals surface area contributed by atoms with Gasteiger partial charge in [-0.15, -0.1) is 0 Å². The number of nitrogens with zero attached hydrogens (tertiary/aromatic N) is 4. The van der Waals surface area contributed by atoms with Crippen LogP contribution in [0.1, 0.15) is 54.1 Å². The van der Waals surface area contributed by atoms with Crippen LogP contribution in [0.4, 0.5) is 4.79 Å². The van der Waals surface area contributed by atoms with Gasteiger partial charge in [0.1, 0.15) is 5.56 Å². The third-order valence-electron chi connectivity index (χ3n) is 7.72. The Morgan fingerprint density at radius 3 is 2.54 bits per heavy atom. The molecule has 2 aromatic rings. The van der Waals surface area contributed by atoms with Crippen LogP contribution in [0.25, 0.3) is 0 Å². The number of aromatic nitrogens is 1. The van der Waals surface area contributed by atoms with Crippen molar-refractivity contribution in [3.05, 3.63) is 49.9 Å². The number of carbonyl (C=O) groups is 2. The van der Waals surface area contributed by atoms with Crippen molar-refractivity contribution in [1.29, 1.82) is 0 Å². The van der Waals surface area contributed by atoms with E-state index in [0.29, 0.717) is 29.9 Å². The van der Waals surface area contributed by atoms with Crippen molar-refractivity contribution in [1.82, 2.24) is 20.2 Å². The number of halogens is 2. The van der Waals surface area contributed by atoms with E-state index in [1.54, 1.807) is 23.2 Å². The zero-order valence-electron chi connectivity index (χ0n) is 21.4. The number of thiophene rings is 1. The summed E-state index contributed by atoms with van der Waals surface area (Å²) in [5.41, 5.74) is 4.47. The van der Waals surface area contributed by atoms with Crippen molar-refractivity contribution in [3.8, 4) is 0 Å². The lowest BCUT2D eigenvalue weighted by molar-refractivity contribution is -0.901. The molecule has 3 amide bonds. The SMILES string of the molecule is CONC(=O)N(Cc1ccsc1)C1CCN(C2(C)CCN(C(=O)c3c(C)cc(Cl)[n+](O)c3Cl)CC2)CC1. The van der Waals surface area contributed by atoms with Crippen molar-refractivity contribution >= 4 is 46.5 Å². The summed E-state index contributed by atoms with van der Waals surface area (Å²) in [7, 11) is 1.45. The number of aryl methyl sites for hydroxylation is 1. The molecule has 0 unspecified atom stereocenters. The van der Waals surface area contributed by atoms with Gasteiger partial charge in [0.05, 0.1) is 7.11 Å². The number of hydroxylamine groups is 1. The summed E-state index contributed by atoms with van der Waals surface area (Å²) in [6.45, 7) is 7.53. The van der Waals surface area contributed by atoms with Gasteiger partial charge in [0.2, 0.25) is 0 Å². The molecule has 0 radical (unpaired) electrons. The lowest BCUT2D eigenvalue weighted by Crippen LogP contribution is -2.58. The molecule has 0 spiro atoms. The van der Waals surface area contributed by atoms with E-state index in [1.165, 1.54) is 13.2 Å². The summed E-state index contributed by atoms with van der Waals surface area (Å²) in [6, 6.07) is 3.48. The Kier molecular flexibility index (Phi) is 8.85. The van der Waals surface area contributed by atoms with E-state index in [-0.39, 0.29) is 39.4 Å². The van der Waals surface area contributed by atoms with E-state index in [9.17, 15) is 14.8 Å². The molecule has 2 aliphatic heterocycles. The average Bonchev–Trinajstić information content (AvgIpc) is 3.40. The van der Waals surface area contributed by atoms with Crippen LogP contribution in [0, 0.1) is 6.92 Å². The van der Waals surface area contributed by atoms with Crippen LogP contribution < -0.4 is 10.2 Å². The number of amides is 3. The molecule has 2 aromatic heterocycles. The molecule has 0 saturated carbocycles.